The van der Waals surface area contributed by atoms with Gasteiger partial charge in [-0.05, 0) is 83.4 Å². The maximum atomic E-state index is 13.2. The third kappa shape index (κ3) is 5.03. The van der Waals surface area contributed by atoms with Crippen LogP contribution in [-0.2, 0) is 16.1 Å². The summed E-state index contributed by atoms with van der Waals surface area (Å²) in [6.07, 6.45) is 3.77. The highest BCUT2D eigenvalue weighted by Crippen LogP contribution is 2.34. The van der Waals surface area contributed by atoms with E-state index in [1.165, 1.54) is 16.3 Å². The molecule has 7 heteroatoms. The first-order valence-corrected chi connectivity index (χ1v) is 13.9. The molecule has 198 valence electrons. The van der Waals surface area contributed by atoms with Crippen molar-refractivity contribution in [2.75, 3.05) is 11.9 Å². The molecule has 0 spiro atoms. The van der Waals surface area contributed by atoms with Gasteiger partial charge in [-0.15, -0.1) is 0 Å². The lowest BCUT2D eigenvalue weighted by Gasteiger charge is -2.13. The summed E-state index contributed by atoms with van der Waals surface area (Å²) in [6.45, 7) is 4.29. The fraction of sp³-hybridized carbons (Fsp3) is 0.121. The molecule has 0 radical (unpaired) electrons. The summed E-state index contributed by atoms with van der Waals surface area (Å²) < 4.78 is 2.16. The summed E-state index contributed by atoms with van der Waals surface area (Å²) in [5.74, 6) is -0.879. The van der Waals surface area contributed by atoms with Crippen LogP contribution in [-0.4, -0.2) is 33.1 Å². The molecule has 1 saturated heterocycles. The predicted octanol–water partition coefficient (Wildman–Crippen LogP) is 7.13. The number of rotatable bonds is 6. The molecule has 1 fully saturated rings. The molecule has 4 aromatic carbocycles. The molecule has 3 amide bonds. The van der Waals surface area contributed by atoms with Crippen molar-refractivity contribution in [1.29, 1.82) is 0 Å². The number of fused-ring (bicyclic) bond motifs is 2. The van der Waals surface area contributed by atoms with Gasteiger partial charge in [0.25, 0.3) is 11.1 Å². The number of amides is 3. The van der Waals surface area contributed by atoms with E-state index in [0.29, 0.717) is 17.1 Å². The first-order chi connectivity index (χ1) is 19.4. The van der Waals surface area contributed by atoms with Gasteiger partial charge in [-0.1, -0.05) is 60.7 Å². The van der Waals surface area contributed by atoms with Crippen LogP contribution in [0.15, 0.2) is 96.0 Å². The molecular weight excluding hydrogens is 518 g/mol. The van der Waals surface area contributed by atoms with E-state index in [2.05, 4.69) is 46.3 Å². The topological polar surface area (TPSA) is 71.4 Å². The monoisotopic (exact) mass is 545 g/mol. The molecule has 6 rings (SSSR count). The molecule has 6 nitrogen and oxygen atoms in total. The maximum absolute atomic E-state index is 13.2. The zero-order valence-corrected chi connectivity index (χ0v) is 23.0. The van der Waals surface area contributed by atoms with E-state index in [1.807, 2.05) is 68.6 Å². The number of para-hydroxylation sites is 1. The smallest absolute Gasteiger partial charge is 0.294 e. The van der Waals surface area contributed by atoms with Crippen LogP contribution in [0.4, 0.5) is 10.5 Å². The third-order valence-electron chi connectivity index (χ3n) is 7.24. The van der Waals surface area contributed by atoms with Crippen molar-refractivity contribution in [3.8, 4) is 0 Å². The molecule has 0 bridgehead atoms. The van der Waals surface area contributed by atoms with Crippen molar-refractivity contribution >= 4 is 62.3 Å². The van der Waals surface area contributed by atoms with Gasteiger partial charge in [-0.3, -0.25) is 19.3 Å². The van der Waals surface area contributed by atoms with Crippen molar-refractivity contribution in [1.82, 2.24) is 9.47 Å². The van der Waals surface area contributed by atoms with Crippen LogP contribution in [0.25, 0.3) is 27.8 Å². The minimum absolute atomic E-state index is 0.303. The minimum atomic E-state index is -0.461. The van der Waals surface area contributed by atoms with Gasteiger partial charge in [0.05, 0.1) is 4.91 Å². The Morgan fingerprint density at radius 3 is 2.48 bits per heavy atom. The van der Waals surface area contributed by atoms with Crippen LogP contribution in [0.1, 0.15) is 22.3 Å². The second-order valence-corrected chi connectivity index (χ2v) is 11.0. The molecule has 0 saturated carbocycles. The van der Waals surface area contributed by atoms with Gasteiger partial charge in [0.2, 0.25) is 5.91 Å². The SMILES string of the molecule is Cc1ccc(NC(=O)CN2C(=O)S/C(=C/c3cn(Cc4ccc5ccccc5c4)c4ccccc34)C2=O)cc1C. The predicted molar refractivity (Wildman–Crippen MR) is 162 cm³/mol. The van der Waals surface area contributed by atoms with Gasteiger partial charge in [0, 0.05) is 34.9 Å². The van der Waals surface area contributed by atoms with Crippen molar-refractivity contribution in [3.05, 3.63) is 118 Å². The lowest BCUT2D eigenvalue weighted by atomic mass is 10.1. The van der Waals surface area contributed by atoms with E-state index in [0.717, 1.165) is 44.3 Å². The van der Waals surface area contributed by atoms with Crippen LogP contribution in [0.3, 0.4) is 0 Å². The summed E-state index contributed by atoms with van der Waals surface area (Å²) in [5, 5.41) is 5.71. The number of benzene rings is 4. The lowest BCUT2D eigenvalue weighted by Crippen LogP contribution is -2.36. The Bertz CT molecular complexity index is 1850. The average molecular weight is 546 g/mol. The molecule has 0 aliphatic carbocycles. The Balaban J connectivity index is 1.23. The zero-order valence-electron chi connectivity index (χ0n) is 22.2. The Morgan fingerprint density at radius 2 is 1.65 bits per heavy atom. The van der Waals surface area contributed by atoms with E-state index in [9.17, 15) is 14.4 Å². The largest absolute Gasteiger partial charge is 0.342 e. The van der Waals surface area contributed by atoms with Gasteiger partial charge in [0.15, 0.2) is 0 Å². The Labute approximate surface area is 236 Å². The molecule has 1 aliphatic rings. The number of thioether (sulfide) groups is 1. The average Bonchev–Trinajstić information content (AvgIpc) is 3.42. The number of imide groups is 1. The molecule has 2 heterocycles. The number of carbonyl (C=O) groups excluding carboxylic acids is 3. The highest BCUT2D eigenvalue weighted by molar-refractivity contribution is 8.18. The van der Waals surface area contributed by atoms with E-state index in [4.69, 9.17) is 0 Å². The normalized spacial score (nSPS) is 14.6. The minimum Gasteiger partial charge on any atom is -0.342 e. The number of nitrogens with one attached hydrogen (secondary N) is 1. The van der Waals surface area contributed by atoms with E-state index in [-0.39, 0.29) is 6.54 Å². The molecular formula is C33H27N3O3S. The summed E-state index contributed by atoms with van der Waals surface area (Å²) in [6, 6.07) is 28.3. The molecule has 1 aliphatic heterocycles. The zero-order chi connectivity index (χ0) is 27.8. The van der Waals surface area contributed by atoms with Gasteiger partial charge in [-0.25, -0.2) is 0 Å². The van der Waals surface area contributed by atoms with E-state index in [1.54, 1.807) is 6.08 Å². The lowest BCUT2D eigenvalue weighted by molar-refractivity contribution is -0.127. The van der Waals surface area contributed by atoms with Crippen molar-refractivity contribution in [2.45, 2.75) is 20.4 Å². The summed E-state index contributed by atoms with van der Waals surface area (Å²) in [4.78, 5) is 39.9. The summed E-state index contributed by atoms with van der Waals surface area (Å²) >= 11 is 0.862. The number of nitrogens with zero attached hydrogens (tertiary/aromatic N) is 2. The number of carbonyl (C=O) groups is 3. The molecule has 0 unspecified atom stereocenters. The number of aromatic nitrogens is 1. The Morgan fingerprint density at radius 1 is 0.875 bits per heavy atom. The first kappa shape index (κ1) is 25.6. The molecule has 5 aromatic rings. The second-order valence-electron chi connectivity index (χ2n) is 10.0. The van der Waals surface area contributed by atoms with E-state index < -0.39 is 17.1 Å². The van der Waals surface area contributed by atoms with E-state index >= 15 is 0 Å². The van der Waals surface area contributed by atoms with Crippen LogP contribution in [0.5, 0.6) is 0 Å². The fourth-order valence-corrected chi connectivity index (χ4v) is 5.82. The fourth-order valence-electron chi connectivity index (χ4n) is 5.00. The van der Waals surface area contributed by atoms with Gasteiger partial charge < -0.3 is 9.88 Å². The highest BCUT2D eigenvalue weighted by atomic mass is 32.2. The molecule has 1 N–H and O–H groups in total. The maximum Gasteiger partial charge on any atom is 0.294 e. The van der Waals surface area contributed by atoms with Crippen molar-refractivity contribution in [2.24, 2.45) is 0 Å². The number of hydrogen-bond acceptors (Lipinski definition) is 4. The molecule has 0 atom stereocenters. The molecule has 1 aromatic heterocycles. The summed E-state index contributed by atoms with van der Waals surface area (Å²) in [5.41, 5.74) is 5.85. The Kier molecular flexibility index (Phi) is 6.74. The standard InChI is InChI=1S/C33H27N3O3S/c1-21-11-14-27(15-22(21)2)34-31(37)20-36-32(38)30(40-33(36)39)17-26-19-35(29-10-6-5-9-28(26)29)18-23-12-13-24-7-3-4-8-25(24)16-23/h3-17,19H,18,20H2,1-2H3,(H,34,37)/b30-17+. The summed E-state index contributed by atoms with van der Waals surface area (Å²) in [7, 11) is 0. The number of hydrogen-bond donors (Lipinski definition) is 1. The molecule has 40 heavy (non-hydrogen) atoms. The third-order valence-corrected chi connectivity index (χ3v) is 8.15. The highest BCUT2D eigenvalue weighted by Gasteiger charge is 2.36. The van der Waals surface area contributed by atoms with Crippen LogP contribution < -0.4 is 5.32 Å². The van der Waals surface area contributed by atoms with Crippen LogP contribution in [0, 0.1) is 13.8 Å². The van der Waals surface area contributed by atoms with Gasteiger partial charge in [0.1, 0.15) is 6.54 Å². The number of aryl methyl sites for hydroxylation is 2. The van der Waals surface area contributed by atoms with Gasteiger partial charge in [-0.2, -0.15) is 0 Å². The van der Waals surface area contributed by atoms with Crippen LogP contribution in [0.2, 0.25) is 0 Å². The van der Waals surface area contributed by atoms with Crippen molar-refractivity contribution in [3.63, 3.8) is 0 Å². The number of anilines is 1. The quantitative estimate of drug-likeness (QED) is 0.230. The van der Waals surface area contributed by atoms with Crippen molar-refractivity contribution < 1.29 is 14.4 Å². The first-order valence-electron chi connectivity index (χ1n) is 13.0. The van der Waals surface area contributed by atoms with Gasteiger partial charge >= 0.3 is 0 Å². The Hall–Kier alpha value is -4.62. The van der Waals surface area contributed by atoms with Crippen LogP contribution >= 0.6 is 11.8 Å². The second kappa shape index (κ2) is 10.5.